The zero-order valence-electron chi connectivity index (χ0n) is 23.5. The van der Waals surface area contributed by atoms with E-state index in [0.29, 0.717) is 0 Å². The van der Waals surface area contributed by atoms with Crippen molar-refractivity contribution < 1.29 is 0 Å². The minimum atomic E-state index is -2.37. The van der Waals surface area contributed by atoms with E-state index in [4.69, 9.17) is 9.97 Å². The van der Waals surface area contributed by atoms with Crippen LogP contribution in [-0.2, 0) is 0 Å². The highest BCUT2D eigenvalue weighted by Crippen LogP contribution is 2.59. The van der Waals surface area contributed by atoms with Gasteiger partial charge in [-0.25, -0.2) is 0 Å². The minimum absolute atomic E-state index is 1.09. The Balaban J connectivity index is 1.70. The predicted octanol–water partition coefficient (Wildman–Crippen LogP) is 9.89. The van der Waals surface area contributed by atoms with Crippen molar-refractivity contribution >= 4 is 51.2 Å². The van der Waals surface area contributed by atoms with Gasteiger partial charge in [-0.3, -0.25) is 9.97 Å². The number of pyridine rings is 2. The maximum atomic E-state index is 4.82. The molecular formula is C38H32N2Si. The SMILES string of the molecule is CC[Si]1(CC)C(c2cncc3ccccc23)=C(c2ccccc2)C(c2ccccc2)=C1c1cncc2ccccc12. The molecule has 0 atom stereocenters. The van der Waals surface area contributed by atoms with Gasteiger partial charge in [0.2, 0.25) is 0 Å². The van der Waals surface area contributed by atoms with Crippen molar-refractivity contribution in [3.05, 3.63) is 156 Å². The third-order valence-electron chi connectivity index (χ3n) is 8.91. The molecule has 198 valence electrons. The molecule has 41 heavy (non-hydrogen) atoms. The summed E-state index contributed by atoms with van der Waals surface area (Å²) < 4.78 is 0. The van der Waals surface area contributed by atoms with Gasteiger partial charge in [0, 0.05) is 46.7 Å². The van der Waals surface area contributed by atoms with E-state index in [-0.39, 0.29) is 0 Å². The van der Waals surface area contributed by atoms with Gasteiger partial charge >= 0.3 is 0 Å². The summed E-state index contributed by atoms with van der Waals surface area (Å²) in [6.07, 6.45) is 8.25. The van der Waals surface area contributed by atoms with Gasteiger partial charge in [-0.15, -0.1) is 0 Å². The largest absolute Gasteiger partial charge is 0.263 e. The Morgan fingerprint density at radius 3 is 1.27 bits per heavy atom. The fourth-order valence-electron chi connectivity index (χ4n) is 7.01. The Morgan fingerprint density at radius 1 is 0.463 bits per heavy atom. The lowest BCUT2D eigenvalue weighted by molar-refractivity contribution is 1.29. The molecule has 0 amide bonds. The van der Waals surface area contributed by atoms with E-state index < -0.39 is 8.07 Å². The molecule has 0 fully saturated rings. The zero-order valence-corrected chi connectivity index (χ0v) is 24.5. The van der Waals surface area contributed by atoms with E-state index in [0.717, 1.165) is 12.1 Å². The van der Waals surface area contributed by atoms with Crippen molar-refractivity contribution in [3.8, 4) is 0 Å². The summed E-state index contributed by atoms with van der Waals surface area (Å²) in [7, 11) is -2.37. The van der Waals surface area contributed by atoms with Gasteiger partial charge in [0.15, 0.2) is 0 Å². The molecule has 1 aliphatic heterocycles. The predicted molar refractivity (Wildman–Crippen MR) is 177 cm³/mol. The van der Waals surface area contributed by atoms with Crippen LogP contribution in [0.3, 0.4) is 0 Å². The first-order valence-corrected chi connectivity index (χ1v) is 16.9. The standard InChI is InChI=1S/C38H32N2Si/c1-3-41(4-2)37(33-25-39-23-29-19-11-13-21-31(29)33)35(27-15-7-5-8-16-27)36(28-17-9-6-10-18-28)38(41)34-26-40-24-30-20-12-14-22-32(30)34/h5-26H,3-4H2,1-2H3. The van der Waals surface area contributed by atoms with Crippen LogP contribution in [-0.4, -0.2) is 18.0 Å². The van der Waals surface area contributed by atoms with E-state index in [2.05, 4.69) is 135 Å². The average Bonchev–Trinajstić information content (AvgIpc) is 3.36. The molecule has 1 aliphatic rings. The van der Waals surface area contributed by atoms with Crippen LogP contribution in [0.5, 0.6) is 0 Å². The van der Waals surface area contributed by atoms with E-state index in [1.54, 1.807) is 0 Å². The Kier molecular flexibility index (Phi) is 6.45. The highest BCUT2D eigenvalue weighted by atomic mass is 28.3. The maximum Gasteiger partial charge on any atom is 0.121 e. The van der Waals surface area contributed by atoms with Crippen LogP contribution >= 0.6 is 0 Å². The van der Waals surface area contributed by atoms with E-state index in [9.17, 15) is 0 Å². The second kappa shape index (κ2) is 10.4. The molecule has 7 rings (SSSR count). The fourth-order valence-corrected chi connectivity index (χ4v) is 12.1. The van der Waals surface area contributed by atoms with E-state index in [1.165, 1.54) is 65.3 Å². The van der Waals surface area contributed by atoms with Crippen LogP contribution in [0.25, 0.3) is 43.1 Å². The topological polar surface area (TPSA) is 25.8 Å². The van der Waals surface area contributed by atoms with Crippen LogP contribution in [0.2, 0.25) is 12.1 Å². The number of hydrogen-bond acceptors (Lipinski definition) is 2. The maximum absolute atomic E-state index is 4.82. The van der Waals surface area contributed by atoms with Gasteiger partial charge in [-0.1, -0.05) is 135 Å². The van der Waals surface area contributed by atoms with Crippen molar-refractivity contribution in [1.29, 1.82) is 0 Å². The van der Waals surface area contributed by atoms with Crippen LogP contribution in [0.1, 0.15) is 36.1 Å². The monoisotopic (exact) mass is 544 g/mol. The van der Waals surface area contributed by atoms with E-state index in [1.807, 2.05) is 12.4 Å². The number of benzene rings is 4. The summed E-state index contributed by atoms with van der Waals surface area (Å²) in [6, 6.07) is 41.7. The molecular weight excluding hydrogens is 513 g/mol. The Hall–Kier alpha value is -4.60. The highest BCUT2D eigenvalue weighted by Gasteiger charge is 2.49. The number of rotatable bonds is 6. The van der Waals surface area contributed by atoms with Gasteiger partial charge in [-0.05, 0) is 43.4 Å². The molecule has 0 aliphatic carbocycles. The number of aromatic nitrogens is 2. The normalized spacial score (nSPS) is 14.8. The molecule has 0 saturated carbocycles. The van der Waals surface area contributed by atoms with Crippen LogP contribution in [0.4, 0.5) is 0 Å². The smallest absolute Gasteiger partial charge is 0.121 e. The molecule has 4 aromatic carbocycles. The number of allylic oxidation sites excluding steroid dienone is 2. The first-order valence-electron chi connectivity index (χ1n) is 14.5. The Morgan fingerprint density at radius 2 is 0.854 bits per heavy atom. The van der Waals surface area contributed by atoms with Crippen molar-refractivity contribution in [2.24, 2.45) is 0 Å². The summed E-state index contributed by atoms with van der Waals surface area (Å²) >= 11 is 0. The summed E-state index contributed by atoms with van der Waals surface area (Å²) in [4.78, 5) is 9.64. The first-order chi connectivity index (χ1) is 20.3. The highest BCUT2D eigenvalue weighted by molar-refractivity contribution is 7.14. The lowest BCUT2D eigenvalue weighted by Crippen LogP contribution is -2.35. The van der Waals surface area contributed by atoms with Gasteiger partial charge in [-0.2, -0.15) is 0 Å². The molecule has 0 N–H and O–H groups in total. The summed E-state index contributed by atoms with van der Waals surface area (Å²) in [6.45, 7) is 4.81. The lowest BCUT2D eigenvalue weighted by Gasteiger charge is -2.33. The van der Waals surface area contributed by atoms with Crippen molar-refractivity contribution in [3.63, 3.8) is 0 Å². The molecule has 0 radical (unpaired) electrons. The first kappa shape index (κ1) is 25.4. The van der Waals surface area contributed by atoms with Gasteiger partial charge < -0.3 is 0 Å². The average molecular weight is 545 g/mol. The van der Waals surface area contributed by atoms with Crippen LogP contribution < -0.4 is 0 Å². The molecule has 3 heterocycles. The second-order valence-electron chi connectivity index (χ2n) is 10.8. The molecule has 6 aromatic rings. The fraction of sp³-hybridized carbons (Fsp3) is 0.105. The molecule has 2 nitrogen and oxygen atoms in total. The Bertz CT molecular complexity index is 1800. The van der Waals surface area contributed by atoms with Gasteiger partial charge in [0.25, 0.3) is 0 Å². The molecule has 0 saturated heterocycles. The summed E-state index contributed by atoms with van der Waals surface area (Å²) in [5, 5.41) is 7.91. The Labute approximate surface area is 242 Å². The van der Waals surface area contributed by atoms with Crippen LogP contribution in [0, 0.1) is 0 Å². The molecule has 2 aromatic heterocycles. The van der Waals surface area contributed by atoms with Gasteiger partial charge in [0.05, 0.1) is 0 Å². The van der Waals surface area contributed by atoms with Gasteiger partial charge in [0.1, 0.15) is 8.07 Å². The lowest BCUT2D eigenvalue weighted by atomic mass is 9.88. The van der Waals surface area contributed by atoms with E-state index >= 15 is 0 Å². The molecule has 0 bridgehead atoms. The van der Waals surface area contributed by atoms with Crippen molar-refractivity contribution in [1.82, 2.24) is 9.97 Å². The van der Waals surface area contributed by atoms with Crippen molar-refractivity contribution in [2.75, 3.05) is 0 Å². The molecule has 0 spiro atoms. The molecule has 3 heteroatoms. The van der Waals surface area contributed by atoms with Crippen LogP contribution in [0.15, 0.2) is 134 Å². The molecule has 0 unspecified atom stereocenters. The third-order valence-corrected chi connectivity index (χ3v) is 14.3. The summed E-state index contributed by atoms with van der Waals surface area (Å²) in [5.74, 6) is 0. The number of nitrogens with zero attached hydrogens (tertiary/aromatic N) is 2. The third kappa shape index (κ3) is 4.00. The zero-order chi connectivity index (χ0) is 27.8. The quantitative estimate of drug-likeness (QED) is 0.195. The second-order valence-corrected chi connectivity index (χ2v) is 15.4. The summed E-state index contributed by atoms with van der Waals surface area (Å²) in [5.41, 5.74) is 7.77. The van der Waals surface area contributed by atoms with Crippen molar-refractivity contribution in [2.45, 2.75) is 25.9 Å². The minimum Gasteiger partial charge on any atom is -0.263 e. The number of hydrogen-bond donors (Lipinski definition) is 0. The number of fused-ring (bicyclic) bond motifs is 2.